The third kappa shape index (κ3) is 3.37. The zero-order chi connectivity index (χ0) is 16.1. The smallest absolute Gasteiger partial charge is 0.274 e. The minimum Gasteiger partial charge on any atom is -0.497 e. The Morgan fingerprint density at radius 3 is 2.78 bits per heavy atom. The summed E-state index contributed by atoms with van der Waals surface area (Å²) >= 11 is 0. The van der Waals surface area contributed by atoms with E-state index in [0.29, 0.717) is 12.3 Å². The average molecular weight is 309 g/mol. The zero-order valence-electron chi connectivity index (χ0n) is 12.5. The van der Waals surface area contributed by atoms with Crippen LogP contribution in [0.5, 0.6) is 5.75 Å². The number of carbonyl (C=O) groups excluding carboxylic acids is 1. The number of methoxy groups -OCH3 is 1. The van der Waals surface area contributed by atoms with Gasteiger partial charge in [0.2, 0.25) is 0 Å². The molecule has 3 aromatic rings. The van der Waals surface area contributed by atoms with Crippen LogP contribution in [-0.4, -0.2) is 23.0 Å². The minimum absolute atomic E-state index is 0.249. The molecule has 1 aromatic carbocycles. The predicted octanol–water partition coefficient (Wildman–Crippen LogP) is 2.68. The van der Waals surface area contributed by atoms with E-state index in [2.05, 4.69) is 15.3 Å². The first kappa shape index (κ1) is 14.8. The molecule has 116 valence electrons. The summed E-state index contributed by atoms with van der Waals surface area (Å²) in [6.45, 7) is 0.377. The molecule has 0 aliphatic rings. The number of hydrogen-bond donors (Lipinski definition) is 1. The van der Waals surface area contributed by atoms with E-state index in [9.17, 15) is 4.79 Å². The van der Waals surface area contributed by atoms with Gasteiger partial charge in [0.15, 0.2) is 17.8 Å². The molecule has 0 radical (unpaired) electrons. The lowest BCUT2D eigenvalue weighted by molar-refractivity contribution is 0.0946. The monoisotopic (exact) mass is 309 g/mol. The molecule has 0 fully saturated rings. The summed E-state index contributed by atoms with van der Waals surface area (Å²) in [5.74, 6) is 0.862. The molecule has 0 aliphatic carbocycles. The Balaban J connectivity index is 1.75. The molecule has 0 unspecified atom stereocenters. The van der Waals surface area contributed by atoms with Crippen LogP contribution in [0.25, 0.3) is 11.3 Å². The molecule has 3 rings (SSSR count). The van der Waals surface area contributed by atoms with Crippen LogP contribution in [0.2, 0.25) is 0 Å². The van der Waals surface area contributed by atoms with Gasteiger partial charge >= 0.3 is 0 Å². The number of amides is 1. The first-order valence-corrected chi connectivity index (χ1v) is 7.03. The Labute approximate surface area is 133 Å². The summed E-state index contributed by atoms with van der Waals surface area (Å²) in [7, 11) is 1.60. The molecule has 6 heteroatoms. The van der Waals surface area contributed by atoms with Crippen LogP contribution in [0.3, 0.4) is 0 Å². The van der Waals surface area contributed by atoms with Crippen LogP contribution in [-0.2, 0) is 6.54 Å². The second kappa shape index (κ2) is 6.74. The maximum atomic E-state index is 12.3. The number of aromatic nitrogens is 2. The van der Waals surface area contributed by atoms with Gasteiger partial charge in [-0.2, -0.15) is 0 Å². The topological polar surface area (TPSA) is 77.2 Å². The number of benzene rings is 1. The van der Waals surface area contributed by atoms with Crippen molar-refractivity contribution in [2.75, 3.05) is 7.11 Å². The van der Waals surface area contributed by atoms with Crippen LogP contribution >= 0.6 is 0 Å². The van der Waals surface area contributed by atoms with Crippen LogP contribution in [0.4, 0.5) is 0 Å². The predicted molar refractivity (Wildman–Crippen MR) is 83.9 cm³/mol. The lowest BCUT2D eigenvalue weighted by Gasteiger charge is -2.05. The Morgan fingerprint density at radius 1 is 1.26 bits per heavy atom. The van der Waals surface area contributed by atoms with E-state index in [1.165, 1.54) is 6.39 Å². The highest BCUT2D eigenvalue weighted by Gasteiger charge is 2.18. The SMILES string of the molecule is COc1ccc(-c2ocnc2C(=O)NCc2cccnc2)cc1. The molecule has 0 saturated carbocycles. The molecule has 0 saturated heterocycles. The fraction of sp³-hybridized carbons (Fsp3) is 0.118. The molecule has 0 bridgehead atoms. The molecular weight excluding hydrogens is 294 g/mol. The third-order valence-corrected chi connectivity index (χ3v) is 3.31. The highest BCUT2D eigenvalue weighted by molar-refractivity contribution is 5.97. The van der Waals surface area contributed by atoms with E-state index in [1.807, 2.05) is 24.3 Å². The Bertz CT molecular complexity index is 782. The second-order valence-corrected chi connectivity index (χ2v) is 4.80. The molecule has 2 aromatic heterocycles. The molecule has 1 amide bonds. The van der Waals surface area contributed by atoms with Crippen molar-refractivity contribution in [3.05, 3.63) is 66.4 Å². The number of pyridine rings is 1. The molecule has 6 nitrogen and oxygen atoms in total. The van der Waals surface area contributed by atoms with Crippen molar-refractivity contribution in [3.8, 4) is 17.1 Å². The number of carbonyl (C=O) groups is 1. The van der Waals surface area contributed by atoms with Gasteiger partial charge < -0.3 is 14.5 Å². The van der Waals surface area contributed by atoms with Crippen LogP contribution in [0.15, 0.2) is 59.6 Å². The van der Waals surface area contributed by atoms with Crippen LogP contribution in [0.1, 0.15) is 16.1 Å². The average Bonchev–Trinajstić information content (AvgIpc) is 3.10. The second-order valence-electron chi connectivity index (χ2n) is 4.80. The molecule has 0 aliphatic heterocycles. The summed E-state index contributed by atoms with van der Waals surface area (Å²) in [5, 5.41) is 2.81. The summed E-state index contributed by atoms with van der Waals surface area (Å²) in [5.41, 5.74) is 1.92. The van der Waals surface area contributed by atoms with Crippen molar-refractivity contribution < 1.29 is 13.9 Å². The molecule has 23 heavy (non-hydrogen) atoms. The van der Waals surface area contributed by atoms with Gasteiger partial charge in [0.05, 0.1) is 7.11 Å². The Hall–Kier alpha value is -3.15. The van der Waals surface area contributed by atoms with Gasteiger partial charge in [0.25, 0.3) is 5.91 Å². The molecule has 2 heterocycles. The van der Waals surface area contributed by atoms with Crippen molar-refractivity contribution in [1.29, 1.82) is 0 Å². The Kier molecular flexibility index (Phi) is 4.33. The molecule has 1 N–H and O–H groups in total. The lowest BCUT2D eigenvalue weighted by Crippen LogP contribution is -2.23. The van der Waals surface area contributed by atoms with Crippen LogP contribution < -0.4 is 10.1 Å². The molecular formula is C17H15N3O3. The van der Waals surface area contributed by atoms with Gasteiger partial charge in [0, 0.05) is 24.5 Å². The number of hydrogen-bond acceptors (Lipinski definition) is 5. The number of nitrogens with one attached hydrogen (secondary N) is 1. The summed E-state index contributed by atoms with van der Waals surface area (Å²) in [6, 6.07) is 10.9. The van der Waals surface area contributed by atoms with Crippen molar-refractivity contribution in [1.82, 2.24) is 15.3 Å². The number of rotatable bonds is 5. The normalized spacial score (nSPS) is 10.3. The van der Waals surface area contributed by atoms with Gasteiger partial charge in [-0.15, -0.1) is 0 Å². The van der Waals surface area contributed by atoms with Gasteiger partial charge in [-0.25, -0.2) is 4.98 Å². The number of ether oxygens (including phenoxy) is 1. The first-order chi connectivity index (χ1) is 11.3. The van der Waals surface area contributed by atoms with Crippen molar-refractivity contribution in [3.63, 3.8) is 0 Å². The Morgan fingerprint density at radius 2 is 2.09 bits per heavy atom. The minimum atomic E-state index is -0.298. The van der Waals surface area contributed by atoms with Crippen molar-refractivity contribution >= 4 is 5.91 Å². The third-order valence-electron chi connectivity index (χ3n) is 3.31. The highest BCUT2D eigenvalue weighted by atomic mass is 16.5. The van der Waals surface area contributed by atoms with Crippen molar-refractivity contribution in [2.45, 2.75) is 6.54 Å². The van der Waals surface area contributed by atoms with E-state index >= 15 is 0 Å². The summed E-state index contributed by atoms with van der Waals surface area (Å²) in [4.78, 5) is 20.3. The van der Waals surface area contributed by atoms with E-state index in [4.69, 9.17) is 9.15 Å². The van der Waals surface area contributed by atoms with Gasteiger partial charge in [-0.3, -0.25) is 9.78 Å². The number of nitrogens with zero attached hydrogens (tertiary/aromatic N) is 2. The van der Waals surface area contributed by atoms with Gasteiger partial charge in [-0.05, 0) is 35.9 Å². The highest BCUT2D eigenvalue weighted by Crippen LogP contribution is 2.25. The number of oxazole rings is 1. The fourth-order valence-electron chi connectivity index (χ4n) is 2.12. The first-order valence-electron chi connectivity index (χ1n) is 7.03. The largest absolute Gasteiger partial charge is 0.497 e. The van der Waals surface area contributed by atoms with E-state index in [-0.39, 0.29) is 11.6 Å². The van der Waals surface area contributed by atoms with Gasteiger partial charge in [-0.1, -0.05) is 6.07 Å². The molecule has 0 spiro atoms. The summed E-state index contributed by atoms with van der Waals surface area (Å²) in [6.07, 6.45) is 4.65. The van der Waals surface area contributed by atoms with E-state index < -0.39 is 0 Å². The van der Waals surface area contributed by atoms with Crippen molar-refractivity contribution in [2.24, 2.45) is 0 Å². The maximum Gasteiger partial charge on any atom is 0.274 e. The lowest BCUT2D eigenvalue weighted by atomic mass is 10.1. The van der Waals surface area contributed by atoms with E-state index in [1.54, 1.807) is 31.6 Å². The van der Waals surface area contributed by atoms with E-state index in [0.717, 1.165) is 16.9 Å². The quantitative estimate of drug-likeness (QED) is 0.784. The maximum absolute atomic E-state index is 12.3. The zero-order valence-corrected chi connectivity index (χ0v) is 12.5. The van der Waals surface area contributed by atoms with Gasteiger partial charge in [0.1, 0.15) is 5.75 Å². The van der Waals surface area contributed by atoms with Crippen LogP contribution in [0, 0.1) is 0 Å². The summed E-state index contributed by atoms with van der Waals surface area (Å²) < 4.78 is 10.5. The standard InChI is InChI=1S/C17H15N3O3/c1-22-14-6-4-13(5-7-14)16-15(20-11-23-16)17(21)19-10-12-3-2-8-18-9-12/h2-9,11H,10H2,1H3,(H,19,21). The fourth-order valence-corrected chi connectivity index (χ4v) is 2.12. The molecule has 0 atom stereocenters.